The molecule has 0 radical (unpaired) electrons. The first kappa shape index (κ1) is 12.9. The number of nitriles is 1. The van der Waals surface area contributed by atoms with E-state index in [0.29, 0.717) is 6.42 Å². The van der Waals surface area contributed by atoms with E-state index < -0.39 is 0 Å². The van der Waals surface area contributed by atoms with Crippen molar-refractivity contribution in [2.24, 2.45) is 0 Å². The van der Waals surface area contributed by atoms with Gasteiger partial charge in [0.15, 0.2) is 0 Å². The highest BCUT2D eigenvalue weighted by molar-refractivity contribution is 5.52. The smallest absolute Gasteiger partial charge is 0.0643 e. The molecule has 1 aromatic rings. The molecule has 3 nitrogen and oxygen atoms in total. The molecule has 1 N–H and O–H groups in total. The van der Waals surface area contributed by atoms with Gasteiger partial charge in [-0.15, -0.1) is 0 Å². The molecular formula is C15H21N3. The molecule has 1 aromatic carbocycles. The van der Waals surface area contributed by atoms with Crippen molar-refractivity contribution in [2.75, 3.05) is 18.0 Å². The number of anilines is 1. The first-order valence-corrected chi connectivity index (χ1v) is 6.48. The summed E-state index contributed by atoms with van der Waals surface area (Å²) in [5, 5.41) is 12.4. The summed E-state index contributed by atoms with van der Waals surface area (Å²) in [4.78, 5) is 2.40. The van der Waals surface area contributed by atoms with Crippen LogP contribution in [-0.4, -0.2) is 24.7 Å². The van der Waals surface area contributed by atoms with Crippen molar-refractivity contribution in [1.82, 2.24) is 5.32 Å². The predicted octanol–water partition coefficient (Wildman–Crippen LogP) is 2.47. The number of nitrogens with zero attached hydrogens (tertiary/aromatic N) is 2. The molecule has 0 aromatic heterocycles. The monoisotopic (exact) mass is 243 g/mol. The van der Waals surface area contributed by atoms with Crippen molar-refractivity contribution in [2.45, 2.75) is 38.8 Å². The van der Waals surface area contributed by atoms with Crippen LogP contribution in [0.15, 0.2) is 24.3 Å². The maximum atomic E-state index is 8.99. The summed E-state index contributed by atoms with van der Waals surface area (Å²) >= 11 is 0. The van der Waals surface area contributed by atoms with Gasteiger partial charge in [-0.2, -0.15) is 5.26 Å². The van der Waals surface area contributed by atoms with Gasteiger partial charge in [0.25, 0.3) is 0 Å². The molecule has 0 spiro atoms. The van der Waals surface area contributed by atoms with Gasteiger partial charge < -0.3 is 10.2 Å². The lowest BCUT2D eigenvalue weighted by Crippen LogP contribution is -2.63. The largest absolute Gasteiger partial charge is 0.360 e. The van der Waals surface area contributed by atoms with Crippen LogP contribution in [0.3, 0.4) is 0 Å². The minimum absolute atomic E-state index is 0.0367. The zero-order chi connectivity index (χ0) is 13.2. The van der Waals surface area contributed by atoms with Crippen LogP contribution in [0, 0.1) is 18.3 Å². The molecular weight excluding hydrogens is 222 g/mol. The molecule has 96 valence electrons. The highest BCUT2D eigenvalue weighted by atomic mass is 15.3. The highest BCUT2D eigenvalue weighted by Gasteiger charge is 2.36. The number of aryl methyl sites for hydroxylation is 1. The quantitative estimate of drug-likeness (QED) is 0.867. The SMILES string of the molecule is Cc1ccc(N2C(CC#N)CNCC2(C)C)cc1. The molecule has 1 aliphatic heterocycles. The number of benzene rings is 1. The van der Waals surface area contributed by atoms with Crippen LogP contribution >= 0.6 is 0 Å². The predicted molar refractivity (Wildman–Crippen MR) is 74.6 cm³/mol. The Morgan fingerprint density at radius 2 is 2.06 bits per heavy atom. The molecule has 1 unspecified atom stereocenters. The van der Waals surface area contributed by atoms with Gasteiger partial charge in [-0.05, 0) is 32.9 Å². The van der Waals surface area contributed by atoms with Crippen molar-refractivity contribution in [3.8, 4) is 6.07 Å². The summed E-state index contributed by atoms with van der Waals surface area (Å²) < 4.78 is 0. The van der Waals surface area contributed by atoms with Crippen LogP contribution in [0.25, 0.3) is 0 Å². The van der Waals surface area contributed by atoms with Crippen LogP contribution in [-0.2, 0) is 0 Å². The average Bonchev–Trinajstić information content (AvgIpc) is 2.31. The Balaban J connectivity index is 2.34. The molecule has 2 rings (SSSR count). The third kappa shape index (κ3) is 2.49. The molecule has 0 amide bonds. The van der Waals surface area contributed by atoms with Crippen molar-refractivity contribution in [3.05, 3.63) is 29.8 Å². The second kappa shape index (κ2) is 4.99. The standard InChI is InChI=1S/C15H21N3/c1-12-4-6-13(7-5-12)18-14(8-9-16)10-17-11-15(18,2)3/h4-7,14,17H,8,10-11H2,1-3H3. The van der Waals surface area contributed by atoms with Crippen LogP contribution < -0.4 is 10.2 Å². The lowest BCUT2D eigenvalue weighted by molar-refractivity contribution is 0.324. The Morgan fingerprint density at radius 1 is 1.39 bits per heavy atom. The fourth-order valence-electron chi connectivity index (χ4n) is 2.75. The van der Waals surface area contributed by atoms with Gasteiger partial charge in [0.2, 0.25) is 0 Å². The van der Waals surface area contributed by atoms with Gasteiger partial charge in [0.1, 0.15) is 0 Å². The van der Waals surface area contributed by atoms with Gasteiger partial charge in [0.05, 0.1) is 18.5 Å². The van der Waals surface area contributed by atoms with Crippen molar-refractivity contribution >= 4 is 5.69 Å². The summed E-state index contributed by atoms with van der Waals surface area (Å²) in [5.74, 6) is 0. The maximum Gasteiger partial charge on any atom is 0.0643 e. The number of piperazine rings is 1. The molecule has 0 aliphatic carbocycles. The van der Waals surface area contributed by atoms with E-state index in [1.165, 1.54) is 11.3 Å². The molecule has 18 heavy (non-hydrogen) atoms. The van der Waals surface area contributed by atoms with Crippen LogP contribution in [0.5, 0.6) is 0 Å². The Morgan fingerprint density at radius 3 is 2.67 bits per heavy atom. The van der Waals surface area contributed by atoms with Gasteiger partial charge in [-0.3, -0.25) is 0 Å². The van der Waals surface area contributed by atoms with Gasteiger partial charge in [-0.25, -0.2) is 0 Å². The van der Waals surface area contributed by atoms with E-state index in [9.17, 15) is 0 Å². The van der Waals surface area contributed by atoms with E-state index in [1.54, 1.807) is 0 Å². The highest BCUT2D eigenvalue weighted by Crippen LogP contribution is 2.29. The fraction of sp³-hybridized carbons (Fsp3) is 0.533. The maximum absolute atomic E-state index is 8.99. The first-order chi connectivity index (χ1) is 8.54. The van der Waals surface area contributed by atoms with E-state index in [1.807, 2.05) is 0 Å². The number of hydrogen-bond donors (Lipinski definition) is 1. The minimum Gasteiger partial charge on any atom is -0.360 e. The van der Waals surface area contributed by atoms with Crippen molar-refractivity contribution in [1.29, 1.82) is 5.26 Å². The van der Waals surface area contributed by atoms with E-state index in [-0.39, 0.29) is 11.6 Å². The number of rotatable bonds is 2. The van der Waals surface area contributed by atoms with Crippen molar-refractivity contribution in [3.63, 3.8) is 0 Å². The Hall–Kier alpha value is -1.53. The molecule has 1 fully saturated rings. The van der Waals surface area contributed by atoms with Crippen LogP contribution in [0.4, 0.5) is 5.69 Å². The minimum atomic E-state index is 0.0367. The molecule has 1 aliphatic rings. The van der Waals surface area contributed by atoms with Gasteiger partial charge in [0, 0.05) is 24.3 Å². The summed E-state index contributed by atoms with van der Waals surface area (Å²) in [5.41, 5.74) is 2.52. The summed E-state index contributed by atoms with van der Waals surface area (Å²) in [6.45, 7) is 8.37. The van der Waals surface area contributed by atoms with Crippen LogP contribution in [0.1, 0.15) is 25.8 Å². The zero-order valence-corrected chi connectivity index (χ0v) is 11.4. The molecule has 3 heteroatoms. The molecule has 1 heterocycles. The van der Waals surface area contributed by atoms with E-state index in [2.05, 4.69) is 61.3 Å². The van der Waals surface area contributed by atoms with Gasteiger partial charge in [-0.1, -0.05) is 17.7 Å². The lowest BCUT2D eigenvalue weighted by atomic mass is 9.93. The Kier molecular flexibility index (Phi) is 3.58. The first-order valence-electron chi connectivity index (χ1n) is 6.48. The Bertz CT molecular complexity index is 442. The van der Waals surface area contributed by atoms with Gasteiger partial charge >= 0.3 is 0 Å². The normalized spacial score (nSPS) is 22.6. The molecule has 1 saturated heterocycles. The van der Waals surface area contributed by atoms with Crippen molar-refractivity contribution < 1.29 is 0 Å². The second-order valence-electron chi connectivity index (χ2n) is 5.66. The molecule has 1 atom stereocenters. The summed E-state index contributed by atoms with van der Waals surface area (Å²) in [6.07, 6.45) is 0.560. The zero-order valence-electron chi connectivity index (χ0n) is 11.4. The average molecular weight is 243 g/mol. The number of nitrogens with one attached hydrogen (secondary N) is 1. The van der Waals surface area contributed by atoms with E-state index in [0.717, 1.165) is 13.1 Å². The fourth-order valence-corrected chi connectivity index (χ4v) is 2.75. The lowest BCUT2D eigenvalue weighted by Gasteiger charge is -2.49. The third-order valence-electron chi connectivity index (χ3n) is 3.59. The number of hydrogen-bond acceptors (Lipinski definition) is 3. The Labute approximate surface area is 109 Å². The summed E-state index contributed by atoms with van der Waals surface area (Å²) in [7, 11) is 0. The van der Waals surface area contributed by atoms with Crippen LogP contribution in [0.2, 0.25) is 0 Å². The summed E-state index contributed by atoms with van der Waals surface area (Å²) in [6, 6.07) is 11.1. The molecule has 0 bridgehead atoms. The third-order valence-corrected chi connectivity index (χ3v) is 3.59. The van der Waals surface area contributed by atoms with E-state index in [4.69, 9.17) is 5.26 Å². The van der Waals surface area contributed by atoms with E-state index >= 15 is 0 Å². The molecule has 0 saturated carbocycles. The topological polar surface area (TPSA) is 39.1 Å². The second-order valence-corrected chi connectivity index (χ2v) is 5.66.